The van der Waals surface area contributed by atoms with Gasteiger partial charge in [-0.2, -0.15) is 0 Å². The molecule has 2 saturated heterocycles. The first-order chi connectivity index (χ1) is 15.2. The second-order valence-electron chi connectivity index (χ2n) is 8.25. The van der Waals surface area contributed by atoms with E-state index in [0.717, 1.165) is 49.8 Å². The number of H-pyrrole nitrogens is 1. The molecule has 0 spiro atoms. The summed E-state index contributed by atoms with van der Waals surface area (Å²) in [6.45, 7) is 3.51. The van der Waals surface area contributed by atoms with E-state index in [0.29, 0.717) is 41.8 Å². The lowest BCUT2D eigenvalue weighted by molar-refractivity contribution is 0.0885. The van der Waals surface area contributed by atoms with Gasteiger partial charge in [0.2, 0.25) is 6.79 Å². The average Bonchev–Trinajstić information content (AvgIpc) is 3.53. The van der Waals surface area contributed by atoms with Crippen LogP contribution in [0.1, 0.15) is 31.2 Å². The van der Waals surface area contributed by atoms with Crippen LogP contribution < -0.4 is 20.3 Å². The molecule has 0 radical (unpaired) electrons. The lowest BCUT2D eigenvalue weighted by Gasteiger charge is -2.28. The molecule has 1 aromatic heterocycles. The number of nitrogens with zero attached hydrogens (tertiary/aromatic N) is 1. The van der Waals surface area contributed by atoms with Gasteiger partial charge in [-0.05, 0) is 50.0 Å². The van der Waals surface area contributed by atoms with E-state index in [1.165, 1.54) is 0 Å². The molecule has 3 aliphatic rings. The maximum absolute atomic E-state index is 12.8. The zero-order valence-electron chi connectivity index (χ0n) is 17.4. The minimum absolute atomic E-state index is 0.121. The van der Waals surface area contributed by atoms with Gasteiger partial charge < -0.3 is 34.1 Å². The van der Waals surface area contributed by atoms with Crippen LogP contribution in [0.4, 0.5) is 0 Å². The molecule has 4 heterocycles. The van der Waals surface area contributed by atoms with E-state index in [1.54, 1.807) is 6.07 Å². The number of rotatable bonds is 6. The summed E-state index contributed by atoms with van der Waals surface area (Å²) in [6, 6.07) is 5.61. The summed E-state index contributed by atoms with van der Waals surface area (Å²) < 4.78 is 22.4. The maximum atomic E-state index is 12.8. The molecule has 166 valence electrons. The second-order valence-corrected chi connectivity index (χ2v) is 8.64. The third-order valence-corrected chi connectivity index (χ3v) is 6.42. The molecule has 5 rings (SSSR count). The average molecular weight is 446 g/mol. The van der Waals surface area contributed by atoms with Crippen LogP contribution in [0.15, 0.2) is 23.0 Å². The van der Waals surface area contributed by atoms with Gasteiger partial charge in [-0.1, -0.05) is 0 Å². The molecular formula is C22H27N3O5S. The molecule has 2 N–H and O–H groups in total. The standard InChI is InChI=1S/C22H27N3O5S/c26-21-15(7-14-8-19-20(30-13-29-19)9-18(14)24-21)11-25(12-17-4-2-6-28-17)22(31)23-10-16-3-1-5-27-16/h7-9,16-17H,1-6,10-13H2,(H,23,31)(H,24,26)/t16-,17-/m1/s1. The molecule has 0 aliphatic carbocycles. The summed E-state index contributed by atoms with van der Waals surface area (Å²) in [5.74, 6) is 1.34. The minimum Gasteiger partial charge on any atom is -0.454 e. The first-order valence-corrected chi connectivity index (χ1v) is 11.3. The van der Waals surface area contributed by atoms with E-state index >= 15 is 0 Å². The number of nitrogens with one attached hydrogen (secondary N) is 2. The van der Waals surface area contributed by atoms with Crippen molar-refractivity contribution in [3.05, 3.63) is 34.1 Å². The summed E-state index contributed by atoms with van der Waals surface area (Å²) in [5.41, 5.74) is 1.24. The molecule has 1 aromatic carbocycles. The van der Waals surface area contributed by atoms with Gasteiger partial charge in [0, 0.05) is 43.3 Å². The van der Waals surface area contributed by atoms with Crippen molar-refractivity contribution in [1.29, 1.82) is 0 Å². The molecule has 9 heteroatoms. The highest BCUT2D eigenvalue weighted by atomic mass is 32.1. The first kappa shape index (κ1) is 20.5. The van der Waals surface area contributed by atoms with Crippen LogP contribution >= 0.6 is 12.2 Å². The van der Waals surface area contributed by atoms with Crippen LogP contribution in [0.3, 0.4) is 0 Å². The van der Waals surface area contributed by atoms with E-state index in [2.05, 4.69) is 10.3 Å². The normalized spacial score (nSPS) is 22.2. The molecule has 0 saturated carbocycles. The fraction of sp³-hybridized carbons (Fsp3) is 0.545. The third-order valence-electron chi connectivity index (χ3n) is 6.02. The maximum Gasteiger partial charge on any atom is 0.253 e. The smallest absolute Gasteiger partial charge is 0.253 e. The Morgan fingerprint density at radius 2 is 1.84 bits per heavy atom. The van der Waals surface area contributed by atoms with Crippen molar-refractivity contribution in [2.75, 3.05) is 33.1 Å². The van der Waals surface area contributed by atoms with Crippen LogP contribution in [0.5, 0.6) is 11.5 Å². The van der Waals surface area contributed by atoms with Crippen molar-refractivity contribution in [3.8, 4) is 11.5 Å². The van der Waals surface area contributed by atoms with Gasteiger partial charge in [0.1, 0.15) is 0 Å². The predicted octanol–water partition coefficient (Wildman–Crippen LogP) is 2.29. The van der Waals surface area contributed by atoms with Crippen molar-refractivity contribution in [1.82, 2.24) is 15.2 Å². The predicted molar refractivity (Wildman–Crippen MR) is 120 cm³/mol. The Kier molecular flexibility index (Phi) is 5.97. The molecule has 2 aromatic rings. The zero-order chi connectivity index (χ0) is 21.2. The van der Waals surface area contributed by atoms with Gasteiger partial charge >= 0.3 is 0 Å². The number of pyridine rings is 1. The summed E-state index contributed by atoms with van der Waals surface area (Å²) in [5, 5.41) is 4.86. The van der Waals surface area contributed by atoms with Crippen LogP contribution in [0.2, 0.25) is 0 Å². The molecule has 31 heavy (non-hydrogen) atoms. The Morgan fingerprint density at radius 1 is 1.10 bits per heavy atom. The number of hydrogen-bond acceptors (Lipinski definition) is 6. The Hall–Kier alpha value is -2.36. The molecule has 0 unspecified atom stereocenters. The van der Waals surface area contributed by atoms with E-state index in [1.807, 2.05) is 17.0 Å². The van der Waals surface area contributed by atoms with E-state index in [4.69, 9.17) is 31.2 Å². The number of fused-ring (bicyclic) bond motifs is 2. The fourth-order valence-corrected chi connectivity index (χ4v) is 4.56. The van der Waals surface area contributed by atoms with Gasteiger partial charge in [-0.15, -0.1) is 0 Å². The largest absolute Gasteiger partial charge is 0.454 e. The second kappa shape index (κ2) is 9.02. The number of benzene rings is 1. The Morgan fingerprint density at radius 3 is 2.58 bits per heavy atom. The SMILES string of the molecule is O=c1[nH]c2cc3c(cc2cc1CN(C[C@H]1CCCO1)C(=S)NC[C@H]1CCCO1)OCO3. The zero-order valence-corrected chi connectivity index (χ0v) is 18.2. The Bertz CT molecular complexity index is 1010. The lowest BCUT2D eigenvalue weighted by atomic mass is 10.1. The quantitative estimate of drug-likeness (QED) is 0.656. The lowest BCUT2D eigenvalue weighted by Crippen LogP contribution is -2.45. The molecule has 0 amide bonds. The van der Waals surface area contributed by atoms with Crippen molar-refractivity contribution in [3.63, 3.8) is 0 Å². The summed E-state index contributed by atoms with van der Waals surface area (Å²) >= 11 is 5.70. The number of aromatic nitrogens is 1. The van der Waals surface area contributed by atoms with Crippen LogP contribution in [0, 0.1) is 0 Å². The van der Waals surface area contributed by atoms with Crippen molar-refractivity contribution < 1.29 is 18.9 Å². The highest BCUT2D eigenvalue weighted by molar-refractivity contribution is 7.80. The molecule has 8 nitrogen and oxygen atoms in total. The van der Waals surface area contributed by atoms with Gasteiger partial charge in [-0.25, -0.2) is 0 Å². The molecule has 3 aliphatic heterocycles. The first-order valence-electron chi connectivity index (χ1n) is 10.9. The van der Waals surface area contributed by atoms with Gasteiger partial charge in [0.15, 0.2) is 16.6 Å². The Balaban J connectivity index is 1.36. The number of thiocarbonyl (C=S) groups is 1. The Labute approximate surface area is 185 Å². The molecular weight excluding hydrogens is 418 g/mol. The minimum atomic E-state index is -0.134. The summed E-state index contributed by atoms with van der Waals surface area (Å²) in [4.78, 5) is 17.8. The number of aromatic amines is 1. The van der Waals surface area contributed by atoms with E-state index < -0.39 is 0 Å². The summed E-state index contributed by atoms with van der Waals surface area (Å²) in [7, 11) is 0. The molecule has 2 atom stereocenters. The van der Waals surface area contributed by atoms with Crippen LogP contribution in [0.25, 0.3) is 10.9 Å². The van der Waals surface area contributed by atoms with Crippen molar-refractivity contribution in [2.45, 2.75) is 44.4 Å². The summed E-state index contributed by atoms with van der Waals surface area (Å²) in [6.07, 6.45) is 4.50. The monoisotopic (exact) mass is 445 g/mol. The highest BCUT2D eigenvalue weighted by Gasteiger charge is 2.24. The van der Waals surface area contributed by atoms with Crippen molar-refractivity contribution in [2.24, 2.45) is 0 Å². The molecule has 0 bridgehead atoms. The van der Waals surface area contributed by atoms with Crippen LogP contribution in [-0.4, -0.2) is 60.3 Å². The van der Waals surface area contributed by atoms with Gasteiger partial charge in [0.25, 0.3) is 5.56 Å². The molecule has 2 fully saturated rings. The topological polar surface area (TPSA) is 85.1 Å². The highest BCUT2D eigenvalue weighted by Crippen LogP contribution is 2.35. The third kappa shape index (κ3) is 4.63. The van der Waals surface area contributed by atoms with E-state index in [-0.39, 0.29) is 24.6 Å². The van der Waals surface area contributed by atoms with Crippen LogP contribution in [-0.2, 0) is 16.0 Å². The van der Waals surface area contributed by atoms with E-state index in [9.17, 15) is 4.79 Å². The van der Waals surface area contributed by atoms with Gasteiger partial charge in [0.05, 0.1) is 24.3 Å². The number of ether oxygens (including phenoxy) is 4. The fourth-order valence-electron chi connectivity index (χ4n) is 4.34. The van der Waals surface area contributed by atoms with Crippen molar-refractivity contribution >= 4 is 28.2 Å². The van der Waals surface area contributed by atoms with Gasteiger partial charge in [-0.3, -0.25) is 4.79 Å². The number of hydrogen-bond donors (Lipinski definition) is 2.